The summed E-state index contributed by atoms with van der Waals surface area (Å²) in [6.07, 6.45) is 4.18. The van der Waals surface area contributed by atoms with Gasteiger partial charge in [-0.25, -0.2) is 0 Å². The maximum Gasteiger partial charge on any atom is 0.0252 e. The Kier molecular flexibility index (Phi) is 4.48. The molecule has 0 bridgehead atoms. The Balaban J connectivity index is 1.99. The van der Waals surface area contributed by atoms with Crippen molar-refractivity contribution in [3.63, 3.8) is 0 Å². The van der Waals surface area contributed by atoms with Crippen LogP contribution >= 0.6 is 0 Å². The molecule has 0 aromatic rings. The first-order chi connectivity index (χ1) is 8.11. The number of nitrogens with one attached hydrogen (secondary N) is 1. The first-order valence-corrected chi connectivity index (χ1v) is 7.59. The zero-order chi connectivity index (χ0) is 12.4. The highest BCUT2D eigenvalue weighted by Gasteiger charge is 2.37. The zero-order valence-electron chi connectivity index (χ0n) is 12.1. The van der Waals surface area contributed by atoms with E-state index in [1.807, 2.05) is 0 Å². The molecule has 1 N–H and O–H groups in total. The average Bonchev–Trinajstić information content (AvgIpc) is 2.62. The zero-order valence-corrected chi connectivity index (χ0v) is 12.1. The van der Waals surface area contributed by atoms with Gasteiger partial charge in [0.2, 0.25) is 0 Å². The first-order valence-electron chi connectivity index (χ1n) is 7.59. The van der Waals surface area contributed by atoms with Gasteiger partial charge in [-0.15, -0.1) is 0 Å². The third-order valence-corrected chi connectivity index (χ3v) is 5.03. The summed E-state index contributed by atoms with van der Waals surface area (Å²) in [6, 6.07) is 1.54. The highest BCUT2D eigenvalue weighted by atomic mass is 15.2. The highest BCUT2D eigenvalue weighted by molar-refractivity contribution is 4.93. The summed E-state index contributed by atoms with van der Waals surface area (Å²) in [5.74, 6) is 2.69. The molecule has 0 radical (unpaired) electrons. The lowest BCUT2D eigenvalue weighted by molar-refractivity contribution is 0.119. The molecule has 2 fully saturated rings. The molecule has 2 nitrogen and oxygen atoms in total. The van der Waals surface area contributed by atoms with Gasteiger partial charge in [0.15, 0.2) is 0 Å². The van der Waals surface area contributed by atoms with Gasteiger partial charge in [0.1, 0.15) is 0 Å². The van der Waals surface area contributed by atoms with Gasteiger partial charge in [0.25, 0.3) is 0 Å². The van der Waals surface area contributed by atoms with Crippen LogP contribution in [0, 0.1) is 17.8 Å². The van der Waals surface area contributed by atoms with Crippen LogP contribution in [0.1, 0.15) is 47.0 Å². The molecule has 1 aliphatic carbocycles. The van der Waals surface area contributed by atoms with Crippen LogP contribution in [0.2, 0.25) is 0 Å². The van der Waals surface area contributed by atoms with Crippen LogP contribution in [0.25, 0.3) is 0 Å². The molecule has 17 heavy (non-hydrogen) atoms. The van der Waals surface area contributed by atoms with Crippen LogP contribution in [-0.2, 0) is 0 Å². The third kappa shape index (κ3) is 3.03. The second kappa shape index (κ2) is 5.71. The molecule has 1 saturated carbocycles. The minimum Gasteiger partial charge on any atom is -0.313 e. The van der Waals surface area contributed by atoms with E-state index in [-0.39, 0.29) is 0 Å². The van der Waals surface area contributed by atoms with E-state index in [4.69, 9.17) is 0 Å². The van der Waals surface area contributed by atoms with E-state index in [1.165, 1.54) is 32.4 Å². The van der Waals surface area contributed by atoms with E-state index in [9.17, 15) is 0 Å². The van der Waals surface area contributed by atoms with Gasteiger partial charge in [-0.1, -0.05) is 27.7 Å². The van der Waals surface area contributed by atoms with Crippen LogP contribution in [-0.4, -0.2) is 36.6 Å². The van der Waals surface area contributed by atoms with Gasteiger partial charge in [0.05, 0.1) is 0 Å². The standard InChI is InChI=1S/C15H30N2/c1-5-16-14-7-6-11(2)8-15(14)17-9-12(3)13(4)10-17/h11-16H,5-10H2,1-4H3. The molecule has 1 aliphatic heterocycles. The van der Waals surface area contributed by atoms with Crippen molar-refractivity contribution in [2.45, 2.75) is 59.0 Å². The molecule has 1 saturated heterocycles. The molecular formula is C15H30N2. The smallest absolute Gasteiger partial charge is 0.0252 e. The van der Waals surface area contributed by atoms with E-state index in [0.717, 1.165) is 36.4 Å². The predicted octanol–water partition coefficient (Wildman–Crippen LogP) is 2.74. The summed E-state index contributed by atoms with van der Waals surface area (Å²) in [4.78, 5) is 2.78. The molecule has 2 heteroatoms. The maximum absolute atomic E-state index is 3.72. The van der Waals surface area contributed by atoms with Gasteiger partial charge in [-0.3, -0.25) is 4.90 Å². The van der Waals surface area contributed by atoms with E-state index in [0.29, 0.717) is 0 Å². The van der Waals surface area contributed by atoms with Crippen molar-refractivity contribution in [1.29, 1.82) is 0 Å². The number of hydrogen-bond acceptors (Lipinski definition) is 2. The summed E-state index contributed by atoms with van der Waals surface area (Å²) >= 11 is 0. The van der Waals surface area contributed by atoms with Crippen LogP contribution in [0.4, 0.5) is 0 Å². The summed E-state index contributed by atoms with van der Waals surface area (Å²) in [5, 5.41) is 3.72. The Labute approximate surface area is 107 Å². The van der Waals surface area contributed by atoms with E-state index >= 15 is 0 Å². The van der Waals surface area contributed by atoms with Gasteiger partial charge in [-0.2, -0.15) is 0 Å². The minimum atomic E-state index is 0.744. The van der Waals surface area contributed by atoms with Gasteiger partial charge >= 0.3 is 0 Å². The Morgan fingerprint density at radius 3 is 2.29 bits per heavy atom. The monoisotopic (exact) mass is 238 g/mol. The summed E-state index contributed by atoms with van der Waals surface area (Å²) in [5.41, 5.74) is 0. The van der Waals surface area contributed by atoms with Crippen molar-refractivity contribution >= 4 is 0 Å². The number of rotatable bonds is 3. The molecular weight excluding hydrogens is 208 g/mol. The Bertz CT molecular complexity index is 231. The van der Waals surface area contributed by atoms with Gasteiger partial charge < -0.3 is 5.32 Å². The van der Waals surface area contributed by atoms with E-state index in [1.54, 1.807) is 0 Å². The SMILES string of the molecule is CCNC1CCC(C)CC1N1CC(C)C(C)C1. The summed E-state index contributed by atoms with van der Waals surface area (Å²) in [7, 11) is 0. The van der Waals surface area contributed by atoms with E-state index in [2.05, 4.69) is 37.9 Å². The number of likely N-dealkylation sites (tertiary alicyclic amines) is 1. The fraction of sp³-hybridized carbons (Fsp3) is 1.00. The number of nitrogens with zero attached hydrogens (tertiary/aromatic N) is 1. The fourth-order valence-electron chi connectivity index (χ4n) is 3.70. The van der Waals surface area contributed by atoms with Crippen molar-refractivity contribution in [3.8, 4) is 0 Å². The van der Waals surface area contributed by atoms with Crippen molar-refractivity contribution in [2.24, 2.45) is 17.8 Å². The Hall–Kier alpha value is -0.0800. The molecule has 2 aliphatic rings. The lowest BCUT2D eigenvalue weighted by Crippen LogP contribution is -2.52. The number of likely N-dealkylation sites (N-methyl/N-ethyl adjacent to an activating group) is 1. The van der Waals surface area contributed by atoms with Crippen LogP contribution < -0.4 is 5.32 Å². The molecule has 0 aromatic heterocycles. The average molecular weight is 238 g/mol. The fourth-order valence-corrected chi connectivity index (χ4v) is 3.70. The lowest BCUT2D eigenvalue weighted by atomic mass is 9.82. The molecule has 0 amide bonds. The third-order valence-electron chi connectivity index (χ3n) is 5.03. The van der Waals surface area contributed by atoms with Gasteiger partial charge in [0, 0.05) is 25.2 Å². The molecule has 5 atom stereocenters. The minimum absolute atomic E-state index is 0.744. The molecule has 5 unspecified atom stereocenters. The summed E-state index contributed by atoms with van der Waals surface area (Å²) < 4.78 is 0. The van der Waals surface area contributed by atoms with Crippen molar-refractivity contribution in [3.05, 3.63) is 0 Å². The van der Waals surface area contributed by atoms with Crippen molar-refractivity contribution < 1.29 is 0 Å². The largest absolute Gasteiger partial charge is 0.313 e. The Morgan fingerprint density at radius 2 is 1.71 bits per heavy atom. The summed E-state index contributed by atoms with van der Waals surface area (Å²) in [6.45, 7) is 13.3. The predicted molar refractivity (Wildman–Crippen MR) is 74.2 cm³/mol. The van der Waals surface area contributed by atoms with Crippen molar-refractivity contribution in [2.75, 3.05) is 19.6 Å². The molecule has 100 valence electrons. The Morgan fingerprint density at radius 1 is 1.06 bits per heavy atom. The second-order valence-electron chi connectivity index (χ2n) is 6.56. The van der Waals surface area contributed by atoms with Crippen molar-refractivity contribution in [1.82, 2.24) is 10.2 Å². The highest BCUT2D eigenvalue weighted by Crippen LogP contribution is 2.32. The van der Waals surface area contributed by atoms with Crippen LogP contribution in [0.3, 0.4) is 0 Å². The lowest BCUT2D eigenvalue weighted by Gasteiger charge is -2.41. The van der Waals surface area contributed by atoms with Crippen LogP contribution in [0.15, 0.2) is 0 Å². The topological polar surface area (TPSA) is 15.3 Å². The number of hydrogen-bond donors (Lipinski definition) is 1. The second-order valence-corrected chi connectivity index (χ2v) is 6.56. The van der Waals surface area contributed by atoms with Crippen LogP contribution in [0.5, 0.6) is 0 Å². The first kappa shape index (κ1) is 13.4. The maximum atomic E-state index is 3.72. The molecule has 1 heterocycles. The quantitative estimate of drug-likeness (QED) is 0.813. The molecule has 0 aromatic carbocycles. The normalized spacial score (nSPS) is 44.1. The molecule has 2 rings (SSSR count). The molecule has 0 spiro atoms. The van der Waals surface area contributed by atoms with E-state index < -0.39 is 0 Å². The van der Waals surface area contributed by atoms with Gasteiger partial charge in [-0.05, 0) is 43.6 Å².